The number of carbonyl (C=O) groups is 1. The van der Waals surface area contributed by atoms with Crippen LogP contribution in [-0.4, -0.2) is 70.5 Å². The van der Waals surface area contributed by atoms with E-state index in [1.54, 1.807) is 11.0 Å². The second-order valence-electron chi connectivity index (χ2n) is 8.07. The van der Waals surface area contributed by atoms with Crippen molar-refractivity contribution in [2.24, 2.45) is 11.8 Å². The maximum atomic E-state index is 12.6. The fourth-order valence-electron chi connectivity index (χ4n) is 4.13. The summed E-state index contributed by atoms with van der Waals surface area (Å²) in [5.41, 5.74) is 0.816. The lowest BCUT2D eigenvalue weighted by molar-refractivity contribution is -0.121. The van der Waals surface area contributed by atoms with Gasteiger partial charge < -0.3 is 14.8 Å². The van der Waals surface area contributed by atoms with Crippen molar-refractivity contribution in [3.63, 3.8) is 0 Å². The molecule has 162 valence electrons. The largest absolute Gasteiger partial charge is 0.492 e. The molecule has 1 aliphatic heterocycles. The Labute approximate surface area is 176 Å². The predicted octanol–water partition coefficient (Wildman–Crippen LogP) is 1.83. The van der Waals surface area contributed by atoms with E-state index in [1.807, 2.05) is 24.3 Å². The molecular formula is C21H30N6O3. The number of nitrogens with one attached hydrogen (secondary N) is 1. The quantitative estimate of drug-likeness (QED) is 0.704. The minimum absolute atomic E-state index is 0.0690. The van der Waals surface area contributed by atoms with Crippen molar-refractivity contribution >= 4 is 11.6 Å². The highest BCUT2D eigenvalue weighted by atomic mass is 16.5. The summed E-state index contributed by atoms with van der Waals surface area (Å²) in [4.78, 5) is 15.0. The summed E-state index contributed by atoms with van der Waals surface area (Å²) >= 11 is 0. The molecule has 1 aromatic carbocycles. The van der Waals surface area contributed by atoms with Crippen molar-refractivity contribution in [2.45, 2.75) is 32.2 Å². The zero-order valence-electron chi connectivity index (χ0n) is 17.3. The van der Waals surface area contributed by atoms with E-state index in [9.17, 15) is 4.79 Å². The summed E-state index contributed by atoms with van der Waals surface area (Å²) in [5, 5.41) is 14.3. The highest BCUT2D eigenvalue weighted by molar-refractivity contribution is 5.92. The Morgan fingerprint density at radius 2 is 1.90 bits per heavy atom. The molecule has 0 bridgehead atoms. The van der Waals surface area contributed by atoms with Crippen LogP contribution >= 0.6 is 0 Å². The Bertz CT molecular complexity index is 769. The van der Waals surface area contributed by atoms with Gasteiger partial charge in [0.2, 0.25) is 5.91 Å². The first-order chi connectivity index (χ1) is 14.8. The first-order valence-corrected chi connectivity index (χ1v) is 10.8. The molecule has 0 radical (unpaired) electrons. The van der Waals surface area contributed by atoms with E-state index in [2.05, 4.69) is 25.7 Å². The van der Waals surface area contributed by atoms with Crippen LogP contribution in [0.2, 0.25) is 0 Å². The van der Waals surface area contributed by atoms with Gasteiger partial charge in [0, 0.05) is 37.8 Å². The van der Waals surface area contributed by atoms with Gasteiger partial charge in [0.1, 0.15) is 18.7 Å². The third-order valence-corrected chi connectivity index (χ3v) is 5.96. The summed E-state index contributed by atoms with van der Waals surface area (Å²) in [6.45, 7) is 5.92. The number of tetrazole rings is 1. The van der Waals surface area contributed by atoms with Gasteiger partial charge in [-0.1, -0.05) is 0 Å². The van der Waals surface area contributed by atoms with Crippen molar-refractivity contribution in [1.29, 1.82) is 0 Å². The Morgan fingerprint density at radius 3 is 2.60 bits per heavy atom. The topological polar surface area (TPSA) is 94.4 Å². The van der Waals surface area contributed by atoms with Crippen molar-refractivity contribution in [2.75, 3.05) is 44.8 Å². The van der Waals surface area contributed by atoms with E-state index < -0.39 is 0 Å². The molecule has 30 heavy (non-hydrogen) atoms. The average molecular weight is 415 g/mol. The molecule has 9 nitrogen and oxygen atoms in total. The molecule has 9 heteroatoms. The number of carbonyl (C=O) groups excluding carboxylic acids is 1. The van der Waals surface area contributed by atoms with E-state index >= 15 is 0 Å². The van der Waals surface area contributed by atoms with Gasteiger partial charge in [0.25, 0.3) is 0 Å². The molecule has 2 aromatic rings. The van der Waals surface area contributed by atoms with E-state index in [4.69, 9.17) is 9.47 Å². The van der Waals surface area contributed by atoms with Gasteiger partial charge >= 0.3 is 0 Å². The molecule has 1 aromatic heterocycles. The lowest BCUT2D eigenvalue weighted by atomic mass is 9.81. The molecule has 0 unspecified atom stereocenters. The number of ether oxygens (including phenoxy) is 2. The van der Waals surface area contributed by atoms with Crippen LogP contribution in [0.25, 0.3) is 0 Å². The van der Waals surface area contributed by atoms with Crippen molar-refractivity contribution in [1.82, 2.24) is 25.1 Å². The zero-order valence-corrected chi connectivity index (χ0v) is 17.3. The first kappa shape index (κ1) is 20.7. The summed E-state index contributed by atoms with van der Waals surface area (Å²) < 4.78 is 13.0. The average Bonchev–Trinajstić information content (AvgIpc) is 3.29. The fourth-order valence-corrected chi connectivity index (χ4v) is 4.13. The van der Waals surface area contributed by atoms with Crippen LogP contribution in [0.3, 0.4) is 0 Å². The molecule has 0 spiro atoms. The monoisotopic (exact) mass is 414 g/mol. The van der Waals surface area contributed by atoms with Crippen LogP contribution in [0.15, 0.2) is 30.6 Å². The van der Waals surface area contributed by atoms with Crippen LogP contribution < -0.4 is 10.1 Å². The van der Waals surface area contributed by atoms with Gasteiger partial charge in [0.15, 0.2) is 0 Å². The van der Waals surface area contributed by atoms with Crippen LogP contribution in [-0.2, 0) is 16.1 Å². The maximum Gasteiger partial charge on any atom is 0.227 e. The molecule has 2 aliphatic rings. The van der Waals surface area contributed by atoms with Crippen LogP contribution in [0.5, 0.6) is 5.75 Å². The van der Waals surface area contributed by atoms with Crippen LogP contribution in [0.1, 0.15) is 25.7 Å². The molecule has 1 saturated heterocycles. The number of nitrogens with zero attached hydrogens (tertiary/aromatic N) is 5. The minimum atomic E-state index is 0.0690. The molecule has 4 rings (SSSR count). The molecule has 1 N–H and O–H groups in total. The molecule has 1 aliphatic carbocycles. The van der Waals surface area contributed by atoms with Gasteiger partial charge in [-0.05, 0) is 66.3 Å². The molecule has 2 fully saturated rings. The van der Waals surface area contributed by atoms with Gasteiger partial charge in [-0.25, -0.2) is 4.68 Å². The number of rotatable bonds is 8. The summed E-state index contributed by atoms with van der Waals surface area (Å²) in [6.07, 6.45) is 5.50. The Hall–Kier alpha value is -2.52. The van der Waals surface area contributed by atoms with Crippen LogP contribution in [0, 0.1) is 11.8 Å². The standard InChI is InChI=1S/C21H30N6O3/c28-21(18-3-1-17(2-4-18)15-27-16-22-24-25-27)23-19-5-7-20(8-6-19)30-14-11-26-9-12-29-13-10-26/h5-8,16-18H,1-4,9-15H2,(H,23,28). The Morgan fingerprint density at radius 1 is 1.13 bits per heavy atom. The molecule has 1 saturated carbocycles. The number of aromatic nitrogens is 4. The van der Waals surface area contributed by atoms with E-state index in [-0.39, 0.29) is 11.8 Å². The third kappa shape index (κ3) is 5.99. The normalized spacial score (nSPS) is 22.5. The van der Waals surface area contributed by atoms with Gasteiger partial charge in [-0.3, -0.25) is 9.69 Å². The lowest BCUT2D eigenvalue weighted by Crippen LogP contribution is -2.38. The highest BCUT2D eigenvalue weighted by Gasteiger charge is 2.26. The van der Waals surface area contributed by atoms with E-state index in [1.165, 1.54) is 0 Å². The summed E-state index contributed by atoms with van der Waals surface area (Å²) in [7, 11) is 0. The van der Waals surface area contributed by atoms with Gasteiger partial charge in [-0.15, -0.1) is 5.10 Å². The lowest BCUT2D eigenvalue weighted by Gasteiger charge is -2.27. The third-order valence-electron chi connectivity index (χ3n) is 5.96. The SMILES string of the molecule is O=C(Nc1ccc(OCCN2CCOCC2)cc1)C1CCC(Cn2cnnn2)CC1. The highest BCUT2D eigenvalue weighted by Crippen LogP contribution is 2.30. The number of amides is 1. The second-order valence-corrected chi connectivity index (χ2v) is 8.07. The number of hydrogen-bond acceptors (Lipinski definition) is 7. The van der Waals surface area contributed by atoms with Crippen molar-refractivity contribution in [3.05, 3.63) is 30.6 Å². The van der Waals surface area contributed by atoms with Gasteiger partial charge in [0.05, 0.1) is 13.2 Å². The van der Waals surface area contributed by atoms with Crippen molar-refractivity contribution in [3.8, 4) is 5.75 Å². The van der Waals surface area contributed by atoms with Crippen LogP contribution in [0.4, 0.5) is 5.69 Å². The molecule has 1 amide bonds. The Balaban J connectivity index is 1.16. The number of hydrogen-bond donors (Lipinski definition) is 1. The minimum Gasteiger partial charge on any atom is -0.492 e. The van der Waals surface area contributed by atoms with E-state index in [0.717, 1.165) is 76.5 Å². The van der Waals surface area contributed by atoms with Crippen molar-refractivity contribution < 1.29 is 14.3 Å². The number of anilines is 1. The Kier molecular flexibility index (Phi) is 7.25. The first-order valence-electron chi connectivity index (χ1n) is 10.8. The smallest absolute Gasteiger partial charge is 0.227 e. The fraction of sp³-hybridized carbons (Fsp3) is 0.619. The van der Waals surface area contributed by atoms with Gasteiger partial charge in [-0.2, -0.15) is 0 Å². The van der Waals surface area contributed by atoms with E-state index in [0.29, 0.717) is 12.5 Å². The number of benzene rings is 1. The summed E-state index contributed by atoms with van der Waals surface area (Å²) in [6, 6.07) is 7.65. The zero-order chi connectivity index (χ0) is 20.6. The predicted molar refractivity (Wildman–Crippen MR) is 111 cm³/mol. The molecule has 0 atom stereocenters. The molecule has 2 heterocycles. The summed E-state index contributed by atoms with van der Waals surface area (Å²) in [5.74, 6) is 1.53. The molecular weight excluding hydrogens is 384 g/mol. The maximum absolute atomic E-state index is 12.6. The number of morpholine rings is 1. The second kappa shape index (κ2) is 10.5.